The Bertz CT molecular complexity index is 1340. The van der Waals surface area contributed by atoms with Gasteiger partial charge in [-0.05, 0) is 38.0 Å². The second-order valence-electron chi connectivity index (χ2n) is 8.32. The van der Waals surface area contributed by atoms with Crippen LogP contribution in [0.1, 0.15) is 17.8 Å². The summed E-state index contributed by atoms with van der Waals surface area (Å²) in [5.74, 6) is 0.0840. The third kappa shape index (κ3) is 3.55. The van der Waals surface area contributed by atoms with Gasteiger partial charge in [-0.2, -0.15) is 0 Å². The number of nitrogens with zero attached hydrogens (tertiary/aromatic N) is 5. The molecule has 0 spiro atoms. The van der Waals surface area contributed by atoms with Gasteiger partial charge in [0.05, 0.1) is 23.9 Å². The SMILES string of the molecule is Cc1cc(-c2c(-c3ccccc3)nc(N)n3c(=O)n(C[C@H]4C[C@@H](O)CN4)nc23)cc(C)n1. The van der Waals surface area contributed by atoms with Gasteiger partial charge in [-0.25, -0.2) is 18.9 Å². The largest absolute Gasteiger partial charge is 0.392 e. The molecule has 1 saturated heterocycles. The number of nitrogens with two attached hydrogens (primary N) is 1. The highest BCUT2D eigenvalue weighted by molar-refractivity contribution is 5.90. The number of fused-ring (bicyclic) bond motifs is 1. The average molecular weight is 432 g/mol. The second-order valence-corrected chi connectivity index (χ2v) is 8.32. The molecule has 0 amide bonds. The monoisotopic (exact) mass is 431 g/mol. The fourth-order valence-corrected chi connectivity index (χ4v) is 4.42. The number of nitrogens with one attached hydrogen (secondary N) is 1. The molecule has 1 aromatic carbocycles. The molecule has 1 aliphatic heterocycles. The Morgan fingerprint density at radius 2 is 1.84 bits per heavy atom. The number of aliphatic hydroxyl groups is 1. The summed E-state index contributed by atoms with van der Waals surface area (Å²) >= 11 is 0. The lowest BCUT2D eigenvalue weighted by atomic mass is 9.99. The van der Waals surface area contributed by atoms with Crippen LogP contribution in [0, 0.1) is 13.8 Å². The first kappa shape index (κ1) is 20.3. The fraction of sp³-hybridized carbons (Fsp3) is 0.304. The molecule has 4 heterocycles. The molecule has 1 aliphatic rings. The molecule has 0 saturated carbocycles. The molecular weight excluding hydrogens is 406 g/mol. The topological polar surface area (TPSA) is 123 Å². The van der Waals surface area contributed by atoms with Gasteiger partial charge in [0.2, 0.25) is 5.95 Å². The van der Waals surface area contributed by atoms with Crippen LogP contribution in [0.3, 0.4) is 0 Å². The molecule has 0 radical (unpaired) electrons. The van der Waals surface area contributed by atoms with Crippen LogP contribution in [-0.4, -0.2) is 47.9 Å². The van der Waals surface area contributed by atoms with E-state index in [1.165, 1.54) is 9.08 Å². The lowest BCUT2D eigenvalue weighted by Gasteiger charge is -2.13. The second kappa shape index (κ2) is 7.85. The number of hydrogen-bond acceptors (Lipinski definition) is 7. The molecule has 1 fully saturated rings. The Balaban J connectivity index is 1.78. The van der Waals surface area contributed by atoms with Crippen molar-refractivity contribution in [1.29, 1.82) is 0 Å². The number of aliphatic hydroxyl groups excluding tert-OH is 1. The number of nitrogen functional groups attached to an aromatic ring is 1. The first-order valence-corrected chi connectivity index (χ1v) is 10.6. The Kier molecular flexibility index (Phi) is 4.99. The molecular formula is C23H25N7O2. The molecule has 0 bridgehead atoms. The molecule has 9 heteroatoms. The summed E-state index contributed by atoms with van der Waals surface area (Å²) in [5.41, 5.74) is 11.2. The molecule has 0 unspecified atom stereocenters. The van der Waals surface area contributed by atoms with Gasteiger partial charge in [0, 0.05) is 29.5 Å². The molecule has 164 valence electrons. The van der Waals surface area contributed by atoms with E-state index in [1.54, 1.807) is 0 Å². The smallest absolute Gasteiger partial charge is 0.353 e. The van der Waals surface area contributed by atoms with Gasteiger partial charge in [0.15, 0.2) is 5.65 Å². The van der Waals surface area contributed by atoms with Crippen molar-refractivity contribution in [2.45, 2.75) is 39.0 Å². The van der Waals surface area contributed by atoms with Crippen LogP contribution >= 0.6 is 0 Å². The first-order valence-electron chi connectivity index (χ1n) is 10.6. The minimum Gasteiger partial charge on any atom is -0.392 e. The van der Waals surface area contributed by atoms with Crippen molar-refractivity contribution >= 4 is 11.6 Å². The molecule has 0 aliphatic carbocycles. The maximum atomic E-state index is 13.2. The quantitative estimate of drug-likeness (QED) is 0.448. The minimum absolute atomic E-state index is 0.0377. The Morgan fingerprint density at radius 3 is 2.50 bits per heavy atom. The normalized spacial score (nSPS) is 18.5. The van der Waals surface area contributed by atoms with E-state index < -0.39 is 6.10 Å². The molecule has 4 aromatic rings. The number of aromatic nitrogens is 5. The van der Waals surface area contributed by atoms with Gasteiger partial charge < -0.3 is 16.2 Å². The standard InChI is InChI=1S/C23H25N7O2/c1-13-8-16(9-14(2)26-13)19-20(15-6-4-3-5-7-15)27-22(24)30-21(19)28-29(23(30)32)12-17-10-18(31)11-25-17/h3-9,17-18,25,31H,10-12H2,1-2H3,(H2,24,27)/t17-,18-/m1/s1. The summed E-state index contributed by atoms with van der Waals surface area (Å²) in [4.78, 5) is 22.3. The van der Waals surface area contributed by atoms with E-state index in [1.807, 2.05) is 56.3 Å². The van der Waals surface area contributed by atoms with Crippen molar-refractivity contribution in [1.82, 2.24) is 29.5 Å². The molecule has 2 atom stereocenters. The van der Waals surface area contributed by atoms with E-state index in [0.29, 0.717) is 30.9 Å². The molecule has 32 heavy (non-hydrogen) atoms. The average Bonchev–Trinajstić information content (AvgIpc) is 3.31. The van der Waals surface area contributed by atoms with Crippen LogP contribution in [-0.2, 0) is 6.54 Å². The third-order valence-electron chi connectivity index (χ3n) is 5.76. The number of pyridine rings is 1. The lowest BCUT2D eigenvalue weighted by Crippen LogP contribution is -2.33. The Hall–Kier alpha value is -3.56. The summed E-state index contributed by atoms with van der Waals surface area (Å²) in [6.45, 7) is 4.71. The number of anilines is 1. The third-order valence-corrected chi connectivity index (χ3v) is 5.76. The van der Waals surface area contributed by atoms with E-state index in [9.17, 15) is 9.90 Å². The lowest BCUT2D eigenvalue weighted by molar-refractivity contribution is 0.192. The zero-order valence-electron chi connectivity index (χ0n) is 18.0. The highest BCUT2D eigenvalue weighted by atomic mass is 16.3. The van der Waals surface area contributed by atoms with Crippen molar-refractivity contribution in [2.75, 3.05) is 12.3 Å². The van der Waals surface area contributed by atoms with Crippen molar-refractivity contribution in [3.63, 3.8) is 0 Å². The van der Waals surface area contributed by atoms with Gasteiger partial charge >= 0.3 is 5.69 Å². The van der Waals surface area contributed by atoms with Crippen LogP contribution < -0.4 is 16.7 Å². The van der Waals surface area contributed by atoms with Crippen LogP contribution in [0.5, 0.6) is 0 Å². The predicted octanol–water partition coefficient (Wildman–Crippen LogP) is 1.54. The number of benzene rings is 1. The van der Waals surface area contributed by atoms with E-state index in [2.05, 4.69) is 20.4 Å². The van der Waals surface area contributed by atoms with Crippen LogP contribution in [0.4, 0.5) is 5.95 Å². The molecule has 5 rings (SSSR count). The van der Waals surface area contributed by atoms with Crippen LogP contribution in [0.15, 0.2) is 47.3 Å². The van der Waals surface area contributed by atoms with Crippen LogP contribution in [0.25, 0.3) is 28.0 Å². The van der Waals surface area contributed by atoms with Gasteiger partial charge in [0.1, 0.15) is 0 Å². The van der Waals surface area contributed by atoms with Crippen molar-refractivity contribution in [2.24, 2.45) is 0 Å². The summed E-state index contributed by atoms with van der Waals surface area (Å²) < 4.78 is 2.76. The Labute approximate surface area is 184 Å². The number of aryl methyl sites for hydroxylation is 2. The summed E-state index contributed by atoms with van der Waals surface area (Å²) in [6, 6.07) is 13.6. The zero-order chi connectivity index (χ0) is 22.4. The number of β-amino-alcohol motifs (C(OH)–C–C–N with tert-alkyl or cyclic N) is 1. The molecule has 4 N–H and O–H groups in total. The summed E-state index contributed by atoms with van der Waals surface area (Å²) in [5, 5.41) is 17.7. The van der Waals surface area contributed by atoms with Crippen LogP contribution in [0.2, 0.25) is 0 Å². The van der Waals surface area contributed by atoms with Crippen molar-refractivity contribution in [3.8, 4) is 22.4 Å². The van der Waals surface area contributed by atoms with Gasteiger partial charge in [-0.3, -0.25) is 4.98 Å². The summed E-state index contributed by atoms with van der Waals surface area (Å²) in [6.07, 6.45) is 0.154. The Morgan fingerprint density at radius 1 is 1.12 bits per heavy atom. The van der Waals surface area contributed by atoms with E-state index >= 15 is 0 Å². The highest BCUT2D eigenvalue weighted by Crippen LogP contribution is 2.34. The van der Waals surface area contributed by atoms with Gasteiger partial charge in [-0.1, -0.05) is 30.3 Å². The maximum absolute atomic E-state index is 13.2. The molecule has 9 nitrogen and oxygen atoms in total. The van der Waals surface area contributed by atoms with Crippen molar-refractivity contribution < 1.29 is 5.11 Å². The first-order chi connectivity index (χ1) is 15.4. The fourth-order valence-electron chi connectivity index (χ4n) is 4.42. The predicted molar refractivity (Wildman–Crippen MR) is 122 cm³/mol. The van der Waals surface area contributed by atoms with Gasteiger partial charge in [0.25, 0.3) is 0 Å². The number of hydrogen-bond donors (Lipinski definition) is 3. The maximum Gasteiger partial charge on any atom is 0.353 e. The van der Waals surface area contributed by atoms with Gasteiger partial charge in [-0.15, -0.1) is 5.10 Å². The number of rotatable bonds is 4. The highest BCUT2D eigenvalue weighted by Gasteiger charge is 2.26. The van der Waals surface area contributed by atoms with E-state index in [4.69, 9.17) is 5.73 Å². The minimum atomic E-state index is -0.414. The van der Waals surface area contributed by atoms with E-state index in [-0.39, 0.29) is 17.7 Å². The van der Waals surface area contributed by atoms with Crippen molar-refractivity contribution in [3.05, 3.63) is 64.3 Å². The summed E-state index contributed by atoms with van der Waals surface area (Å²) in [7, 11) is 0. The zero-order valence-corrected chi connectivity index (χ0v) is 18.0. The molecule has 3 aromatic heterocycles. The van der Waals surface area contributed by atoms with E-state index in [0.717, 1.165) is 28.1 Å².